The van der Waals surface area contributed by atoms with Gasteiger partial charge in [0.2, 0.25) is 11.8 Å². The predicted octanol–water partition coefficient (Wildman–Crippen LogP) is 2.38. The maximum Gasteiger partial charge on any atom is 0.220 e. The van der Waals surface area contributed by atoms with Crippen LogP contribution in [0.5, 0.6) is 0 Å². The van der Waals surface area contributed by atoms with Crippen molar-refractivity contribution in [1.29, 1.82) is 0 Å². The molecule has 30 heavy (non-hydrogen) atoms. The molecule has 1 aliphatic heterocycles. The van der Waals surface area contributed by atoms with Crippen LogP contribution in [-0.4, -0.2) is 43.2 Å². The molecular weight excluding hydrogens is 400 g/mol. The van der Waals surface area contributed by atoms with Gasteiger partial charge in [0.25, 0.3) is 0 Å². The Morgan fingerprint density at radius 3 is 2.80 bits per heavy atom. The molecule has 0 spiro atoms. The third kappa shape index (κ3) is 7.50. The van der Waals surface area contributed by atoms with Crippen LogP contribution in [0.2, 0.25) is 0 Å². The fourth-order valence-corrected chi connectivity index (χ4v) is 4.49. The number of hydrogen-bond donors (Lipinski definition) is 3. The summed E-state index contributed by atoms with van der Waals surface area (Å²) in [6.07, 6.45) is 2.27. The first-order valence-electron chi connectivity index (χ1n) is 10.4. The van der Waals surface area contributed by atoms with Crippen molar-refractivity contribution >= 4 is 23.6 Å². The van der Waals surface area contributed by atoms with Gasteiger partial charge in [-0.1, -0.05) is 23.4 Å². The highest BCUT2D eigenvalue weighted by atomic mass is 32.2. The zero-order valence-corrected chi connectivity index (χ0v) is 18.2. The van der Waals surface area contributed by atoms with E-state index in [0.717, 1.165) is 43.1 Å². The summed E-state index contributed by atoms with van der Waals surface area (Å²) in [5, 5.41) is 13.3. The Morgan fingerprint density at radius 2 is 2.00 bits per heavy atom. The van der Waals surface area contributed by atoms with E-state index >= 15 is 0 Å². The molecule has 0 saturated carbocycles. The Bertz CT molecular complexity index is 812. The normalized spacial score (nSPS) is 18.7. The van der Waals surface area contributed by atoms with Gasteiger partial charge in [-0.15, -0.1) is 11.8 Å². The quantitative estimate of drug-likeness (QED) is 0.396. The molecule has 2 heterocycles. The Balaban J connectivity index is 1.46. The van der Waals surface area contributed by atoms with E-state index in [1.807, 2.05) is 24.3 Å². The van der Waals surface area contributed by atoms with Crippen LogP contribution in [0.15, 0.2) is 45.8 Å². The summed E-state index contributed by atoms with van der Waals surface area (Å²) in [5.41, 5.74) is 0.948. The molecule has 2 aromatic rings. The third-order valence-electron chi connectivity index (χ3n) is 5.24. The van der Waals surface area contributed by atoms with Crippen LogP contribution >= 0.6 is 11.8 Å². The number of carbonyl (C=O) groups excluding carboxylic acids is 2. The van der Waals surface area contributed by atoms with Crippen LogP contribution < -0.4 is 16.0 Å². The van der Waals surface area contributed by atoms with Crippen molar-refractivity contribution in [3.8, 4) is 0 Å². The number of rotatable bonds is 10. The Morgan fingerprint density at radius 1 is 1.20 bits per heavy atom. The van der Waals surface area contributed by atoms with E-state index in [4.69, 9.17) is 4.52 Å². The number of amides is 2. The van der Waals surface area contributed by atoms with Crippen molar-refractivity contribution in [1.82, 2.24) is 21.1 Å². The Kier molecular flexibility index (Phi) is 8.77. The lowest BCUT2D eigenvalue weighted by atomic mass is 9.81. The van der Waals surface area contributed by atoms with E-state index in [9.17, 15) is 9.59 Å². The van der Waals surface area contributed by atoms with Gasteiger partial charge in [0, 0.05) is 37.4 Å². The molecule has 1 saturated heterocycles. The van der Waals surface area contributed by atoms with E-state index in [-0.39, 0.29) is 11.8 Å². The average Bonchev–Trinajstić information content (AvgIpc) is 3.19. The number of hydrogen-bond acceptors (Lipinski definition) is 6. The van der Waals surface area contributed by atoms with E-state index in [2.05, 4.69) is 33.2 Å². The van der Waals surface area contributed by atoms with Gasteiger partial charge in [-0.2, -0.15) is 0 Å². The molecule has 0 aliphatic carbocycles. The molecular formula is C22H30N4O3S. The molecule has 8 heteroatoms. The number of nitrogens with one attached hydrogen (secondary N) is 3. The number of aromatic nitrogens is 1. The van der Waals surface area contributed by atoms with Crippen LogP contribution in [0.3, 0.4) is 0 Å². The van der Waals surface area contributed by atoms with E-state index in [0.29, 0.717) is 31.3 Å². The molecule has 7 nitrogen and oxygen atoms in total. The molecule has 1 aliphatic rings. The first kappa shape index (κ1) is 22.4. The van der Waals surface area contributed by atoms with Crippen molar-refractivity contribution in [3.05, 3.63) is 47.9 Å². The Labute approximate surface area is 181 Å². The topological polar surface area (TPSA) is 96.3 Å². The molecule has 1 aromatic carbocycles. The van der Waals surface area contributed by atoms with Gasteiger partial charge in [-0.05, 0) is 49.9 Å². The fourth-order valence-electron chi connectivity index (χ4n) is 3.70. The molecule has 1 aromatic heterocycles. The summed E-state index contributed by atoms with van der Waals surface area (Å²) in [6.45, 7) is 4.19. The maximum atomic E-state index is 12.3. The lowest BCUT2D eigenvalue weighted by molar-refractivity contribution is -0.123. The molecule has 0 radical (unpaired) electrons. The summed E-state index contributed by atoms with van der Waals surface area (Å²) in [5.74, 6) is 2.23. The van der Waals surface area contributed by atoms with Crippen molar-refractivity contribution in [2.24, 2.45) is 11.8 Å². The SMILES string of the molecule is CC(=O)NCCNC(=O)CC1CCNCC1Cc1cc(CSc2ccccc2)on1. The van der Waals surface area contributed by atoms with Crippen LogP contribution in [0.4, 0.5) is 0 Å². The number of carbonyl (C=O) groups is 2. The summed E-state index contributed by atoms with van der Waals surface area (Å²) in [6, 6.07) is 12.3. The predicted molar refractivity (Wildman–Crippen MR) is 117 cm³/mol. The Hall–Kier alpha value is -2.32. The maximum absolute atomic E-state index is 12.3. The summed E-state index contributed by atoms with van der Waals surface area (Å²) >= 11 is 1.73. The van der Waals surface area contributed by atoms with Crippen LogP contribution in [0.25, 0.3) is 0 Å². The number of nitrogens with zero attached hydrogens (tertiary/aromatic N) is 1. The second-order valence-electron chi connectivity index (χ2n) is 7.64. The van der Waals surface area contributed by atoms with Gasteiger partial charge in [0.15, 0.2) is 0 Å². The van der Waals surface area contributed by atoms with E-state index < -0.39 is 0 Å². The van der Waals surface area contributed by atoms with Crippen molar-refractivity contribution in [2.75, 3.05) is 26.2 Å². The molecule has 2 amide bonds. The molecule has 1 fully saturated rings. The molecule has 0 bridgehead atoms. The van der Waals surface area contributed by atoms with Crippen LogP contribution in [0, 0.1) is 11.8 Å². The first-order valence-corrected chi connectivity index (χ1v) is 11.4. The van der Waals surface area contributed by atoms with Gasteiger partial charge < -0.3 is 20.5 Å². The first-order chi connectivity index (χ1) is 14.6. The average molecular weight is 431 g/mol. The van der Waals surface area contributed by atoms with Gasteiger partial charge in [-0.3, -0.25) is 9.59 Å². The standard InChI is InChI=1S/C22H30N4O3S/c1-16(27)24-9-10-25-22(28)12-17-7-8-23-14-18(17)11-19-13-20(29-26-19)15-30-21-5-3-2-4-6-21/h2-6,13,17-18,23H,7-12,14-15H2,1H3,(H,24,27)(H,25,28). The number of benzene rings is 1. The van der Waals surface area contributed by atoms with Crippen molar-refractivity contribution in [3.63, 3.8) is 0 Å². The zero-order chi connectivity index (χ0) is 21.2. The van der Waals surface area contributed by atoms with E-state index in [1.165, 1.54) is 11.8 Å². The lowest BCUT2D eigenvalue weighted by Crippen LogP contribution is -2.41. The summed E-state index contributed by atoms with van der Waals surface area (Å²) in [4.78, 5) is 24.4. The molecule has 2 atom stereocenters. The molecule has 162 valence electrons. The number of piperidine rings is 1. The highest BCUT2D eigenvalue weighted by Gasteiger charge is 2.28. The minimum Gasteiger partial charge on any atom is -0.360 e. The second-order valence-corrected chi connectivity index (χ2v) is 8.69. The molecule has 3 N–H and O–H groups in total. The van der Waals surface area contributed by atoms with Gasteiger partial charge in [0.1, 0.15) is 5.76 Å². The summed E-state index contributed by atoms with van der Waals surface area (Å²) in [7, 11) is 0. The van der Waals surface area contributed by atoms with Crippen LogP contribution in [0.1, 0.15) is 31.2 Å². The fraction of sp³-hybridized carbons (Fsp3) is 0.500. The second kappa shape index (κ2) is 11.8. The minimum absolute atomic E-state index is 0.0392. The largest absolute Gasteiger partial charge is 0.360 e. The van der Waals surface area contributed by atoms with Gasteiger partial charge in [-0.25, -0.2) is 0 Å². The van der Waals surface area contributed by atoms with E-state index in [1.54, 1.807) is 11.8 Å². The van der Waals surface area contributed by atoms with Gasteiger partial charge >= 0.3 is 0 Å². The summed E-state index contributed by atoms with van der Waals surface area (Å²) < 4.78 is 5.52. The van der Waals surface area contributed by atoms with Crippen molar-refractivity contribution in [2.45, 2.75) is 36.8 Å². The smallest absolute Gasteiger partial charge is 0.220 e. The van der Waals surface area contributed by atoms with Crippen molar-refractivity contribution < 1.29 is 14.1 Å². The van der Waals surface area contributed by atoms with Crippen LogP contribution in [-0.2, 0) is 21.8 Å². The zero-order valence-electron chi connectivity index (χ0n) is 17.4. The molecule has 2 unspecified atom stereocenters. The molecule has 3 rings (SSSR count). The van der Waals surface area contributed by atoms with Gasteiger partial charge in [0.05, 0.1) is 11.4 Å². The minimum atomic E-state index is -0.0863. The lowest BCUT2D eigenvalue weighted by Gasteiger charge is -2.31. The highest BCUT2D eigenvalue weighted by Crippen LogP contribution is 2.27. The highest BCUT2D eigenvalue weighted by molar-refractivity contribution is 7.98. The third-order valence-corrected chi connectivity index (χ3v) is 6.27. The monoisotopic (exact) mass is 430 g/mol. The number of thioether (sulfide) groups is 1.